The summed E-state index contributed by atoms with van der Waals surface area (Å²) in [4.78, 5) is 21.1. The minimum atomic E-state index is -0.720. The first-order valence-corrected chi connectivity index (χ1v) is 10.2. The number of fused-ring (bicyclic) bond motifs is 1. The second-order valence-electron chi connectivity index (χ2n) is 6.32. The molecule has 2 aromatic carbocycles. The fourth-order valence-corrected chi connectivity index (χ4v) is 4.32. The largest absolute Gasteiger partial charge is 0.309 e. The highest BCUT2D eigenvalue weighted by Gasteiger charge is 2.23. The molecule has 1 aromatic heterocycles. The lowest BCUT2D eigenvalue weighted by Crippen LogP contribution is -2.33. The molecule has 0 N–H and O–H groups in total. The standard InChI is InChI=1S/C19H18F2IN3OS.ClH/c1-24(2)8-5-9-25(18(26)13-6-3-4-7-15(13)22)19-23-17-14(21)10-12(20)11-16(17)27-19;/h3-4,6-7,10-11H,5,8-9H2,1-2H3;1H. The lowest BCUT2D eigenvalue weighted by Gasteiger charge is -2.21. The number of hydrogen-bond acceptors (Lipinski definition) is 4. The minimum Gasteiger partial charge on any atom is -0.309 e. The number of rotatable bonds is 6. The van der Waals surface area contributed by atoms with E-state index in [0.29, 0.717) is 21.9 Å². The SMILES string of the molecule is CN(C)CCCN(C(=O)c1ccccc1I)c1nc2c(F)cc(F)cc2s1.Cl. The first-order valence-electron chi connectivity index (χ1n) is 8.33. The van der Waals surface area contributed by atoms with Crippen molar-refractivity contribution in [3.63, 3.8) is 0 Å². The maximum atomic E-state index is 14.1. The Kier molecular flexibility index (Phi) is 8.11. The van der Waals surface area contributed by atoms with Crippen molar-refractivity contribution < 1.29 is 13.6 Å². The Labute approximate surface area is 186 Å². The number of hydrogen-bond donors (Lipinski definition) is 0. The Balaban J connectivity index is 0.00000280. The zero-order valence-electron chi connectivity index (χ0n) is 15.3. The molecule has 0 unspecified atom stereocenters. The quantitative estimate of drug-likeness (QED) is 0.406. The van der Waals surface area contributed by atoms with Crippen LogP contribution in [-0.2, 0) is 0 Å². The smallest absolute Gasteiger partial charge is 0.261 e. The van der Waals surface area contributed by atoms with Gasteiger partial charge in [-0.25, -0.2) is 13.8 Å². The highest BCUT2D eigenvalue weighted by atomic mass is 127. The van der Waals surface area contributed by atoms with Crippen LogP contribution in [0.2, 0.25) is 0 Å². The Bertz CT molecular complexity index is 983. The van der Waals surface area contributed by atoms with Crippen LogP contribution in [-0.4, -0.2) is 43.0 Å². The number of thiazole rings is 1. The van der Waals surface area contributed by atoms with Crippen LogP contribution in [0.1, 0.15) is 16.8 Å². The predicted molar refractivity (Wildman–Crippen MR) is 121 cm³/mol. The Morgan fingerprint density at radius 3 is 2.57 bits per heavy atom. The van der Waals surface area contributed by atoms with Gasteiger partial charge in [0.25, 0.3) is 5.91 Å². The molecule has 0 radical (unpaired) electrons. The molecular weight excluding hydrogens is 519 g/mol. The summed E-state index contributed by atoms with van der Waals surface area (Å²) < 4.78 is 28.8. The van der Waals surface area contributed by atoms with Crippen LogP contribution < -0.4 is 4.90 Å². The molecule has 0 aliphatic carbocycles. The van der Waals surface area contributed by atoms with Gasteiger partial charge in [0.1, 0.15) is 11.3 Å². The van der Waals surface area contributed by atoms with Gasteiger partial charge in [-0.1, -0.05) is 23.5 Å². The molecule has 28 heavy (non-hydrogen) atoms. The third-order valence-electron chi connectivity index (χ3n) is 3.97. The zero-order chi connectivity index (χ0) is 19.6. The zero-order valence-corrected chi connectivity index (χ0v) is 19.1. The van der Waals surface area contributed by atoms with Crippen molar-refractivity contribution in [1.82, 2.24) is 9.88 Å². The Hall–Kier alpha value is -1.36. The number of nitrogens with zero attached hydrogens (tertiary/aromatic N) is 3. The highest BCUT2D eigenvalue weighted by Crippen LogP contribution is 2.32. The van der Waals surface area contributed by atoms with E-state index in [1.54, 1.807) is 17.0 Å². The number of halogens is 4. The number of carbonyl (C=O) groups excluding carboxylic acids is 1. The van der Waals surface area contributed by atoms with Crippen molar-refractivity contribution in [2.45, 2.75) is 6.42 Å². The molecule has 1 amide bonds. The van der Waals surface area contributed by atoms with Gasteiger partial charge in [0.15, 0.2) is 10.9 Å². The molecule has 0 atom stereocenters. The molecule has 0 aliphatic rings. The van der Waals surface area contributed by atoms with E-state index in [-0.39, 0.29) is 23.8 Å². The van der Waals surface area contributed by atoms with E-state index in [1.807, 2.05) is 31.1 Å². The van der Waals surface area contributed by atoms with E-state index < -0.39 is 11.6 Å². The molecular formula is C19H19ClF2IN3OS. The van der Waals surface area contributed by atoms with Gasteiger partial charge in [-0.05, 0) is 67.9 Å². The van der Waals surface area contributed by atoms with Gasteiger partial charge in [-0.2, -0.15) is 0 Å². The molecule has 150 valence electrons. The monoisotopic (exact) mass is 537 g/mol. The van der Waals surface area contributed by atoms with E-state index in [0.717, 1.165) is 33.9 Å². The van der Waals surface area contributed by atoms with Gasteiger partial charge >= 0.3 is 0 Å². The fraction of sp³-hybridized carbons (Fsp3) is 0.263. The molecule has 0 bridgehead atoms. The lowest BCUT2D eigenvalue weighted by atomic mass is 10.2. The first-order chi connectivity index (χ1) is 12.9. The Morgan fingerprint density at radius 1 is 1.18 bits per heavy atom. The normalized spacial score (nSPS) is 10.9. The molecule has 4 nitrogen and oxygen atoms in total. The molecule has 3 aromatic rings. The van der Waals surface area contributed by atoms with Gasteiger partial charge in [-0.15, -0.1) is 12.4 Å². The van der Waals surface area contributed by atoms with Gasteiger partial charge in [-0.3, -0.25) is 9.69 Å². The minimum absolute atomic E-state index is 0. The van der Waals surface area contributed by atoms with Crippen molar-refractivity contribution in [1.29, 1.82) is 0 Å². The van der Waals surface area contributed by atoms with E-state index in [1.165, 1.54) is 6.07 Å². The first kappa shape index (κ1) is 22.9. The van der Waals surface area contributed by atoms with Crippen molar-refractivity contribution in [3.8, 4) is 0 Å². The van der Waals surface area contributed by atoms with Crippen LogP contribution in [0.25, 0.3) is 10.2 Å². The highest BCUT2D eigenvalue weighted by molar-refractivity contribution is 14.1. The number of anilines is 1. The number of benzene rings is 2. The van der Waals surface area contributed by atoms with Crippen LogP contribution in [0, 0.1) is 15.2 Å². The van der Waals surface area contributed by atoms with Crippen LogP contribution in [0.15, 0.2) is 36.4 Å². The number of aromatic nitrogens is 1. The fourth-order valence-electron chi connectivity index (χ4n) is 2.67. The molecule has 0 fully saturated rings. The third kappa shape index (κ3) is 5.16. The summed E-state index contributed by atoms with van der Waals surface area (Å²) in [6.45, 7) is 1.23. The average Bonchev–Trinajstić information content (AvgIpc) is 3.02. The molecule has 3 rings (SSSR count). The van der Waals surface area contributed by atoms with E-state index in [9.17, 15) is 13.6 Å². The van der Waals surface area contributed by atoms with Crippen molar-refractivity contribution >= 4 is 67.6 Å². The summed E-state index contributed by atoms with van der Waals surface area (Å²) in [5.74, 6) is -1.57. The van der Waals surface area contributed by atoms with Crippen LogP contribution in [0.5, 0.6) is 0 Å². The summed E-state index contributed by atoms with van der Waals surface area (Å²) in [5, 5.41) is 0.373. The van der Waals surface area contributed by atoms with Gasteiger partial charge in [0, 0.05) is 16.2 Å². The topological polar surface area (TPSA) is 36.4 Å². The predicted octanol–water partition coefficient (Wildman–Crippen LogP) is 5.20. The number of carbonyl (C=O) groups is 1. The third-order valence-corrected chi connectivity index (χ3v) is 5.94. The van der Waals surface area contributed by atoms with Crippen molar-refractivity contribution in [3.05, 3.63) is 57.2 Å². The van der Waals surface area contributed by atoms with Crippen LogP contribution in [0.4, 0.5) is 13.9 Å². The lowest BCUT2D eigenvalue weighted by molar-refractivity contribution is 0.0985. The van der Waals surface area contributed by atoms with Crippen molar-refractivity contribution in [2.24, 2.45) is 0 Å². The molecule has 0 spiro atoms. The maximum absolute atomic E-state index is 14.1. The summed E-state index contributed by atoms with van der Waals surface area (Å²) in [7, 11) is 3.92. The molecule has 0 saturated heterocycles. The van der Waals surface area contributed by atoms with Gasteiger partial charge in [0.2, 0.25) is 0 Å². The van der Waals surface area contributed by atoms with Crippen molar-refractivity contribution in [2.75, 3.05) is 32.1 Å². The molecule has 0 aliphatic heterocycles. The van der Waals surface area contributed by atoms with Crippen LogP contribution in [0.3, 0.4) is 0 Å². The van der Waals surface area contributed by atoms with E-state index in [4.69, 9.17) is 0 Å². The second kappa shape index (κ2) is 9.91. The van der Waals surface area contributed by atoms with Gasteiger partial charge in [0.05, 0.1) is 10.3 Å². The summed E-state index contributed by atoms with van der Waals surface area (Å²) in [5.41, 5.74) is 0.651. The molecule has 9 heteroatoms. The van der Waals surface area contributed by atoms with Gasteiger partial charge < -0.3 is 4.90 Å². The molecule has 1 heterocycles. The van der Waals surface area contributed by atoms with E-state index >= 15 is 0 Å². The average molecular weight is 538 g/mol. The summed E-state index contributed by atoms with van der Waals surface area (Å²) in [6.07, 6.45) is 0.731. The second-order valence-corrected chi connectivity index (χ2v) is 8.50. The van der Waals surface area contributed by atoms with Crippen LogP contribution >= 0.6 is 46.3 Å². The summed E-state index contributed by atoms with van der Waals surface area (Å²) >= 11 is 3.24. The maximum Gasteiger partial charge on any atom is 0.261 e. The Morgan fingerprint density at radius 2 is 1.89 bits per heavy atom. The van der Waals surface area contributed by atoms with E-state index in [2.05, 4.69) is 27.6 Å². The molecule has 0 saturated carbocycles. The number of amides is 1. The summed E-state index contributed by atoms with van der Waals surface area (Å²) in [6, 6.07) is 9.35.